The van der Waals surface area contributed by atoms with Crippen molar-refractivity contribution in [1.29, 1.82) is 0 Å². The molecule has 1 amide bonds. The number of para-hydroxylation sites is 1. The van der Waals surface area contributed by atoms with Crippen molar-refractivity contribution in [2.24, 2.45) is 5.92 Å². The molecule has 1 aromatic carbocycles. The van der Waals surface area contributed by atoms with Crippen LogP contribution in [0, 0.1) is 5.92 Å². The van der Waals surface area contributed by atoms with Gasteiger partial charge in [-0.1, -0.05) is 19.9 Å². The zero-order valence-electron chi connectivity index (χ0n) is 12.9. The van der Waals surface area contributed by atoms with Crippen LogP contribution in [0.2, 0.25) is 0 Å². The van der Waals surface area contributed by atoms with E-state index >= 15 is 0 Å². The summed E-state index contributed by atoms with van der Waals surface area (Å²) >= 11 is 0. The predicted octanol–water partition coefficient (Wildman–Crippen LogP) is 2.32. The number of rotatable bonds is 7. The summed E-state index contributed by atoms with van der Waals surface area (Å²) < 4.78 is 5.50. The molecule has 0 unspecified atom stereocenters. The lowest BCUT2D eigenvalue weighted by Gasteiger charge is -2.22. The van der Waals surface area contributed by atoms with Crippen LogP contribution in [-0.4, -0.2) is 38.8 Å². The number of carbonyl (C=O) groups is 1. The third kappa shape index (κ3) is 4.63. The van der Waals surface area contributed by atoms with Crippen LogP contribution in [0.5, 0.6) is 0 Å². The molecule has 3 N–H and O–H groups in total. The first-order chi connectivity index (χ1) is 10.2. The fourth-order valence-electron chi connectivity index (χ4n) is 2.25. The van der Waals surface area contributed by atoms with Gasteiger partial charge < -0.3 is 20.7 Å². The van der Waals surface area contributed by atoms with Crippen LogP contribution in [0.4, 0.5) is 11.4 Å². The third-order valence-corrected chi connectivity index (χ3v) is 3.25. The second kappa shape index (κ2) is 7.88. The number of anilines is 2. The molecule has 0 saturated heterocycles. The second-order valence-corrected chi connectivity index (χ2v) is 5.66. The molecule has 0 saturated carbocycles. The summed E-state index contributed by atoms with van der Waals surface area (Å²) in [7, 11) is 0. The minimum absolute atomic E-state index is 0.0353. The summed E-state index contributed by atoms with van der Waals surface area (Å²) in [4.78, 5) is 12.2. The molecule has 1 aromatic rings. The molecule has 0 atom stereocenters. The first-order valence-corrected chi connectivity index (χ1v) is 7.65. The van der Waals surface area contributed by atoms with Crippen molar-refractivity contribution in [3.63, 3.8) is 0 Å². The highest BCUT2D eigenvalue weighted by molar-refractivity contribution is 6.02. The maximum atomic E-state index is 12.2. The predicted molar refractivity (Wildman–Crippen MR) is 86.0 cm³/mol. The lowest BCUT2D eigenvalue weighted by Crippen LogP contribution is -2.28. The summed E-state index contributed by atoms with van der Waals surface area (Å²) in [5.41, 5.74) is 2.59. The summed E-state index contributed by atoms with van der Waals surface area (Å²) in [5.74, 6) is 0.515. The average Bonchev–Trinajstić information content (AvgIpc) is 2.49. The third-order valence-electron chi connectivity index (χ3n) is 3.25. The molecule has 5 nitrogen and oxygen atoms in total. The molecule has 1 heterocycles. The molecule has 0 fully saturated rings. The molecule has 0 radical (unpaired) electrons. The Morgan fingerprint density at radius 3 is 2.95 bits per heavy atom. The minimum Gasteiger partial charge on any atom is -0.382 e. The Morgan fingerprint density at radius 2 is 2.14 bits per heavy atom. The molecule has 2 rings (SSSR count). The van der Waals surface area contributed by atoms with Gasteiger partial charge in [0, 0.05) is 32.8 Å². The quantitative estimate of drug-likeness (QED) is 0.675. The summed E-state index contributed by atoms with van der Waals surface area (Å²) in [6.45, 7) is 8.06. The number of hydrogen-bond acceptors (Lipinski definition) is 4. The van der Waals surface area contributed by atoms with Gasteiger partial charge in [-0.3, -0.25) is 4.79 Å². The smallest absolute Gasteiger partial charge is 0.253 e. The number of ether oxygens (including phenoxy) is 1. The van der Waals surface area contributed by atoms with Crippen LogP contribution in [0.3, 0.4) is 0 Å². The largest absolute Gasteiger partial charge is 0.382 e. The van der Waals surface area contributed by atoms with Gasteiger partial charge in [-0.05, 0) is 24.5 Å². The first-order valence-electron chi connectivity index (χ1n) is 7.65. The van der Waals surface area contributed by atoms with Crippen molar-refractivity contribution in [3.8, 4) is 0 Å². The maximum Gasteiger partial charge on any atom is 0.253 e. The van der Waals surface area contributed by atoms with Crippen LogP contribution in [0.1, 0.15) is 30.6 Å². The summed E-state index contributed by atoms with van der Waals surface area (Å²) in [6.07, 6.45) is 0.833. The van der Waals surface area contributed by atoms with Crippen molar-refractivity contribution in [3.05, 3.63) is 23.8 Å². The number of benzene rings is 1. The van der Waals surface area contributed by atoms with Crippen molar-refractivity contribution < 1.29 is 9.53 Å². The van der Waals surface area contributed by atoms with Gasteiger partial charge in [0.25, 0.3) is 5.91 Å². The Kier molecular flexibility index (Phi) is 5.87. The zero-order valence-corrected chi connectivity index (χ0v) is 12.9. The van der Waals surface area contributed by atoms with Gasteiger partial charge in [-0.25, -0.2) is 0 Å². The lowest BCUT2D eigenvalue weighted by molar-refractivity contribution is 0.0925. The molecule has 116 valence electrons. The number of hydrogen-bond donors (Lipinski definition) is 3. The van der Waals surface area contributed by atoms with E-state index in [0.29, 0.717) is 24.6 Å². The number of carbonyl (C=O) groups excluding carboxylic acids is 1. The standard InChI is InChI=1S/C16H25N3O2/c1-12(2)11-21-10-4-7-19-16(20)13-5-3-6-14-15(13)18-9-8-17-14/h3,5-6,12,17-18H,4,7-11H2,1-2H3,(H,19,20). The Morgan fingerprint density at radius 1 is 1.33 bits per heavy atom. The van der Waals surface area contributed by atoms with E-state index in [4.69, 9.17) is 4.74 Å². The molecule has 0 bridgehead atoms. The number of amides is 1. The number of fused-ring (bicyclic) bond motifs is 1. The SMILES string of the molecule is CC(C)COCCCNC(=O)c1cccc2c1NCCN2. The van der Waals surface area contributed by atoms with Gasteiger partial charge >= 0.3 is 0 Å². The fourth-order valence-corrected chi connectivity index (χ4v) is 2.25. The lowest BCUT2D eigenvalue weighted by atomic mass is 10.1. The average molecular weight is 291 g/mol. The van der Waals surface area contributed by atoms with Crippen LogP contribution >= 0.6 is 0 Å². The zero-order chi connectivity index (χ0) is 15.1. The van der Waals surface area contributed by atoms with Gasteiger partial charge in [0.15, 0.2) is 0 Å². The van der Waals surface area contributed by atoms with Crippen LogP contribution in [0.15, 0.2) is 18.2 Å². The molecule has 1 aliphatic heterocycles. The van der Waals surface area contributed by atoms with E-state index in [-0.39, 0.29) is 5.91 Å². The summed E-state index contributed by atoms with van der Waals surface area (Å²) in [5, 5.41) is 9.53. The molecule has 0 aromatic heterocycles. The van der Waals surface area contributed by atoms with E-state index in [1.165, 1.54) is 0 Å². The van der Waals surface area contributed by atoms with E-state index in [1.54, 1.807) is 0 Å². The molecular weight excluding hydrogens is 266 g/mol. The Hall–Kier alpha value is -1.75. The molecular formula is C16H25N3O2. The van der Waals surface area contributed by atoms with E-state index in [2.05, 4.69) is 29.8 Å². The highest BCUT2D eigenvalue weighted by Crippen LogP contribution is 2.28. The molecule has 5 heteroatoms. The van der Waals surface area contributed by atoms with E-state index in [1.807, 2.05) is 18.2 Å². The molecule has 1 aliphatic rings. The highest BCUT2D eigenvalue weighted by atomic mass is 16.5. The van der Waals surface area contributed by atoms with Crippen molar-refractivity contribution in [2.45, 2.75) is 20.3 Å². The summed E-state index contributed by atoms with van der Waals surface area (Å²) in [6, 6.07) is 5.74. The van der Waals surface area contributed by atoms with Gasteiger partial charge in [0.05, 0.1) is 16.9 Å². The van der Waals surface area contributed by atoms with E-state index in [0.717, 1.165) is 37.5 Å². The monoisotopic (exact) mass is 291 g/mol. The Balaban J connectivity index is 1.79. The van der Waals surface area contributed by atoms with E-state index < -0.39 is 0 Å². The normalized spacial score (nSPS) is 13.3. The topological polar surface area (TPSA) is 62.4 Å². The van der Waals surface area contributed by atoms with Gasteiger partial charge in [0.2, 0.25) is 0 Å². The van der Waals surface area contributed by atoms with Crippen LogP contribution in [-0.2, 0) is 4.74 Å². The number of nitrogens with one attached hydrogen (secondary N) is 3. The Labute approximate surface area is 126 Å². The van der Waals surface area contributed by atoms with Gasteiger partial charge in [-0.2, -0.15) is 0 Å². The van der Waals surface area contributed by atoms with Crippen molar-refractivity contribution in [1.82, 2.24) is 5.32 Å². The maximum absolute atomic E-state index is 12.2. The van der Waals surface area contributed by atoms with Crippen molar-refractivity contribution in [2.75, 3.05) is 43.5 Å². The fraction of sp³-hybridized carbons (Fsp3) is 0.562. The second-order valence-electron chi connectivity index (χ2n) is 5.66. The molecule has 0 spiro atoms. The van der Waals surface area contributed by atoms with E-state index in [9.17, 15) is 4.79 Å². The van der Waals surface area contributed by atoms with Gasteiger partial charge in [0.1, 0.15) is 0 Å². The van der Waals surface area contributed by atoms with Gasteiger partial charge in [-0.15, -0.1) is 0 Å². The molecule has 0 aliphatic carbocycles. The molecule has 21 heavy (non-hydrogen) atoms. The minimum atomic E-state index is -0.0353. The van der Waals surface area contributed by atoms with Crippen LogP contribution in [0.25, 0.3) is 0 Å². The Bertz CT molecular complexity index is 475. The highest BCUT2D eigenvalue weighted by Gasteiger charge is 2.16. The van der Waals surface area contributed by atoms with Crippen molar-refractivity contribution >= 4 is 17.3 Å². The van der Waals surface area contributed by atoms with Crippen LogP contribution < -0.4 is 16.0 Å². The first kappa shape index (κ1) is 15.6.